The van der Waals surface area contributed by atoms with E-state index in [4.69, 9.17) is 15.2 Å². The van der Waals surface area contributed by atoms with Crippen LogP contribution in [-0.4, -0.2) is 20.3 Å². The third-order valence-corrected chi connectivity index (χ3v) is 3.31. The van der Waals surface area contributed by atoms with Gasteiger partial charge in [0, 0.05) is 13.7 Å². The lowest BCUT2D eigenvalue weighted by atomic mass is 9.98. The van der Waals surface area contributed by atoms with E-state index in [-0.39, 0.29) is 6.10 Å². The highest BCUT2D eigenvalue weighted by Crippen LogP contribution is 2.27. The Morgan fingerprint density at radius 3 is 2.43 bits per heavy atom. The van der Waals surface area contributed by atoms with Crippen molar-refractivity contribution >= 4 is 0 Å². The second-order valence-corrected chi connectivity index (χ2v) is 5.13. The molecule has 2 aromatic carbocycles. The Hall–Kier alpha value is -1.68. The van der Waals surface area contributed by atoms with Crippen molar-refractivity contribution < 1.29 is 9.47 Å². The summed E-state index contributed by atoms with van der Waals surface area (Å²) in [5.41, 5.74) is 10.2. The van der Waals surface area contributed by atoms with Gasteiger partial charge in [-0.05, 0) is 23.6 Å². The second kappa shape index (κ2) is 7.93. The van der Waals surface area contributed by atoms with E-state index in [1.165, 1.54) is 5.56 Å². The van der Waals surface area contributed by atoms with Crippen molar-refractivity contribution in [3.05, 3.63) is 70.8 Å². The first-order valence-corrected chi connectivity index (χ1v) is 7.20. The molecule has 0 fully saturated rings. The lowest BCUT2D eigenvalue weighted by molar-refractivity contribution is 0.0862. The average molecular weight is 285 g/mol. The van der Waals surface area contributed by atoms with Crippen LogP contribution in [0.4, 0.5) is 0 Å². The maximum absolute atomic E-state index is 5.99. The summed E-state index contributed by atoms with van der Waals surface area (Å²) in [6, 6.07) is 16.7. The number of ether oxygens (including phenoxy) is 2. The summed E-state index contributed by atoms with van der Waals surface area (Å²) in [6.45, 7) is 3.74. The number of hydrogen-bond donors (Lipinski definition) is 1. The van der Waals surface area contributed by atoms with Crippen LogP contribution < -0.4 is 5.73 Å². The topological polar surface area (TPSA) is 44.5 Å². The molecule has 0 aliphatic rings. The second-order valence-electron chi connectivity index (χ2n) is 5.13. The van der Waals surface area contributed by atoms with Crippen molar-refractivity contribution in [3.63, 3.8) is 0 Å². The molecule has 2 rings (SSSR count). The Bertz CT molecular complexity index is 569. The Morgan fingerprint density at radius 2 is 1.76 bits per heavy atom. The van der Waals surface area contributed by atoms with Crippen LogP contribution in [0.15, 0.2) is 48.5 Å². The summed E-state index contributed by atoms with van der Waals surface area (Å²) < 4.78 is 11.2. The van der Waals surface area contributed by atoms with Crippen LogP contribution in [0.5, 0.6) is 0 Å². The number of nitrogens with two attached hydrogens (primary N) is 1. The molecule has 0 saturated carbocycles. The molecule has 0 spiro atoms. The minimum Gasteiger partial charge on any atom is -0.380 e. The van der Waals surface area contributed by atoms with Crippen molar-refractivity contribution in [2.45, 2.75) is 19.6 Å². The molecule has 3 heteroatoms. The van der Waals surface area contributed by atoms with Crippen molar-refractivity contribution in [3.8, 4) is 0 Å². The maximum atomic E-state index is 5.99. The van der Waals surface area contributed by atoms with Gasteiger partial charge >= 0.3 is 0 Å². The highest BCUT2D eigenvalue weighted by molar-refractivity contribution is 5.34. The number of aryl methyl sites for hydroxylation is 1. The van der Waals surface area contributed by atoms with Crippen molar-refractivity contribution in [2.24, 2.45) is 5.73 Å². The first-order valence-electron chi connectivity index (χ1n) is 7.20. The van der Waals surface area contributed by atoms with Gasteiger partial charge in [-0.15, -0.1) is 0 Å². The van der Waals surface area contributed by atoms with E-state index in [1.54, 1.807) is 7.11 Å². The normalized spacial score (nSPS) is 12.3. The largest absolute Gasteiger partial charge is 0.380 e. The standard InChI is InChI=1S/C18H23NO2/c1-14-5-3-7-16(11-14)18(21-10-9-19)17-8-4-6-15(12-17)13-20-2/h3-8,11-12,18H,9-10,13,19H2,1-2H3. The molecule has 0 aromatic heterocycles. The van der Waals surface area contributed by atoms with E-state index < -0.39 is 0 Å². The highest BCUT2D eigenvalue weighted by atomic mass is 16.5. The first-order chi connectivity index (χ1) is 10.2. The number of benzene rings is 2. The fraction of sp³-hybridized carbons (Fsp3) is 0.333. The Labute approximate surface area is 126 Å². The summed E-state index contributed by atoms with van der Waals surface area (Å²) in [7, 11) is 1.70. The van der Waals surface area contributed by atoms with Gasteiger partial charge in [0.15, 0.2) is 0 Å². The SMILES string of the molecule is COCc1cccc(C(OCCN)c2cccc(C)c2)c1. The average Bonchev–Trinajstić information content (AvgIpc) is 2.49. The molecule has 2 N–H and O–H groups in total. The predicted octanol–water partition coefficient (Wildman–Crippen LogP) is 3.21. The van der Waals surface area contributed by atoms with E-state index in [2.05, 4.69) is 49.4 Å². The summed E-state index contributed by atoms with van der Waals surface area (Å²) in [6.07, 6.45) is -0.0924. The number of hydrogen-bond acceptors (Lipinski definition) is 3. The molecule has 0 saturated heterocycles. The molecule has 1 atom stereocenters. The fourth-order valence-corrected chi connectivity index (χ4v) is 2.42. The molecule has 1 unspecified atom stereocenters. The Kier molecular flexibility index (Phi) is 5.93. The van der Waals surface area contributed by atoms with Crippen molar-refractivity contribution in [1.29, 1.82) is 0 Å². The zero-order chi connectivity index (χ0) is 15.1. The minimum absolute atomic E-state index is 0.0924. The molecule has 2 aromatic rings. The smallest absolute Gasteiger partial charge is 0.108 e. The summed E-state index contributed by atoms with van der Waals surface area (Å²) in [5, 5.41) is 0. The molecule has 0 heterocycles. The van der Waals surface area contributed by atoms with Crippen molar-refractivity contribution in [1.82, 2.24) is 0 Å². The molecule has 0 bridgehead atoms. The summed E-state index contributed by atoms with van der Waals surface area (Å²) in [4.78, 5) is 0. The lowest BCUT2D eigenvalue weighted by Gasteiger charge is -2.20. The van der Waals surface area contributed by atoms with Gasteiger partial charge < -0.3 is 15.2 Å². The molecular formula is C18H23NO2. The van der Waals surface area contributed by atoms with Gasteiger partial charge in [0.1, 0.15) is 6.10 Å². The molecule has 3 nitrogen and oxygen atoms in total. The number of rotatable bonds is 7. The molecule has 0 aliphatic carbocycles. The quantitative estimate of drug-likeness (QED) is 0.849. The first kappa shape index (κ1) is 15.7. The Balaban J connectivity index is 2.33. The summed E-state index contributed by atoms with van der Waals surface area (Å²) in [5.74, 6) is 0. The minimum atomic E-state index is -0.0924. The zero-order valence-electron chi connectivity index (χ0n) is 12.7. The predicted molar refractivity (Wildman–Crippen MR) is 85.2 cm³/mol. The van der Waals surface area contributed by atoms with Crippen LogP contribution in [0.25, 0.3) is 0 Å². The van der Waals surface area contributed by atoms with Gasteiger partial charge in [0.2, 0.25) is 0 Å². The van der Waals surface area contributed by atoms with Crippen LogP contribution >= 0.6 is 0 Å². The summed E-state index contributed by atoms with van der Waals surface area (Å²) >= 11 is 0. The van der Waals surface area contributed by atoms with E-state index in [0.717, 1.165) is 16.7 Å². The third kappa shape index (κ3) is 4.39. The lowest BCUT2D eigenvalue weighted by Crippen LogP contribution is -2.14. The molecule has 21 heavy (non-hydrogen) atoms. The highest BCUT2D eigenvalue weighted by Gasteiger charge is 2.15. The van der Waals surface area contributed by atoms with Crippen molar-refractivity contribution in [2.75, 3.05) is 20.3 Å². The number of methoxy groups -OCH3 is 1. The molecular weight excluding hydrogens is 262 g/mol. The van der Waals surface area contributed by atoms with Crippen LogP contribution in [0.2, 0.25) is 0 Å². The van der Waals surface area contributed by atoms with Crippen LogP contribution in [0, 0.1) is 6.92 Å². The Morgan fingerprint density at radius 1 is 1.05 bits per heavy atom. The van der Waals surface area contributed by atoms with Gasteiger partial charge in [0.05, 0.1) is 13.2 Å². The van der Waals surface area contributed by atoms with Gasteiger partial charge in [-0.2, -0.15) is 0 Å². The maximum Gasteiger partial charge on any atom is 0.108 e. The van der Waals surface area contributed by atoms with Gasteiger partial charge in [-0.3, -0.25) is 0 Å². The van der Waals surface area contributed by atoms with E-state index in [1.807, 2.05) is 6.07 Å². The van der Waals surface area contributed by atoms with E-state index >= 15 is 0 Å². The molecule has 112 valence electrons. The molecule has 0 aliphatic heterocycles. The fourth-order valence-electron chi connectivity index (χ4n) is 2.42. The van der Waals surface area contributed by atoms with Gasteiger partial charge in [-0.25, -0.2) is 0 Å². The van der Waals surface area contributed by atoms with Crippen LogP contribution in [0.3, 0.4) is 0 Å². The van der Waals surface area contributed by atoms with E-state index in [0.29, 0.717) is 19.8 Å². The third-order valence-electron chi connectivity index (χ3n) is 3.31. The monoisotopic (exact) mass is 285 g/mol. The zero-order valence-corrected chi connectivity index (χ0v) is 12.7. The van der Waals surface area contributed by atoms with Gasteiger partial charge in [0.25, 0.3) is 0 Å². The van der Waals surface area contributed by atoms with E-state index in [9.17, 15) is 0 Å². The molecule has 0 radical (unpaired) electrons. The van der Waals surface area contributed by atoms with Crippen LogP contribution in [0.1, 0.15) is 28.4 Å². The van der Waals surface area contributed by atoms with Gasteiger partial charge in [-0.1, -0.05) is 54.1 Å². The molecule has 0 amide bonds. The van der Waals surface area contributed by atoms with Crippen LogP contribution in [-0.2, 0) is 16.1 Å².